The quantitative estimate of drug-likeness (QED) is 0.0928. The molecule has 0 radical (unpaired) electrons. The van der Waals surface area contributed by atoms with E-state index in [1.807, 2.05) is 38.2 Å². The molecule has 344 valence electrons. The number of allylic oxidation sites excluding steroid dienone is 12. The van der Waals surface area contributed by atoms with Crippen LogP contribution in [0.2, 0.25) is 0 Å². The lowest BCUT2D eigenvalue weighted by molar-refractivity contribution is -0.144. The molecule has 0 amide bonds. The van der Waals surface area contributed by atoms with Gasteiger partial charge in [0.05, 0.1) is 41.3 Å². The number of nitrogens with zero attached hydrogens (tertiary/aromatic N) is 3. The summed E-state index contributed by atoms with van der Waals surface area (Å²) in [7, 11) is 1.33. The van der Waals surface area contributed by atoms with E-state index in [1.165, 1.54) is 57.6 Å². The molecular weight excluding hydrogens is 797 g/mol. The highest BCUT2D eigenvalue weighted by atomic mass is 16.5. The highest BCUT2D eigenvalue weighted by Gasteiger charge is 2.49. The van der Waals surface area contributed by atoms with Gasteiger partial charge >= 0.3 is 11.9 Å². The number of ether oxygens (including phenoxy) is 2. The number of esters is 2. The number of rotatable bonds is 20. The Morgan fingerprint density at radius 3 is 2.19 bits per heavy atom. The SMILES string of the molecule is C=CC1=C(C)C2=NC1=CC1=NC(=CC3=C(C)C4=C(O)[C@@H](C(=O)OC)C(=C5NC(=C2)[C@@H](C)[C@@H]5CCC(=O)OC/C=C(\C)CCC[C@H](C)CCC[C@H](C)CCCC(C)C)C4=N3)C(CC)=C1C. The van der Waals surface area contributed by atoms with Crippen LogP contribution in [0.25, 0.3) is 0 Å². The highest BCUT2D eigenvalue weighted by Crippen LogP contribution is 2.49. The number of nitrogens with one attached hydrogen (secondary N) is 1. The minimum Gasteiger partial charge on any atom is -0.510 e. The van der Waals surface area contributed by atoms with Crippen LogP contribution >= 0.6 is 0 Å². The summed E-state index contributed by atoms with van der Waals surface area (Å²) >= 11 is 0. The molecule has 5 heterocycles. The lowest BCUT2D eigenvalue weighted by atomic mass is 9.84. The topological polar surface area (TPSA) is 122 Å². The molecule has 9 nitrogen and oxygen atoms in total. The van der Waals surface area contributed by atoms with Crippen LogP contribution in [0.15, 0.2) is 131 Å². The molecule has 0 unspecified atom stereocenters. The maximum Gasteiger partial charge on any atom is 0.321 e. The van der Waals surface area contributed by atoms with Crippen molar-refractivity contribution in [3.8, 4) is 0 Å². The van der Waals surface area contributed by atoms with Gasteiger partial charge < -0.3 is 19.9 Å². The van der Waals surface area contributed by atoms with E-state index in [0.29, 0.717) is 29.0 Å². The van der Waals surface area contributed by atoms with E-state index in [9.17, 15) is 14.7 Å². The fraction of sp³-hybridized carbons (Fsp3) is 0.545. The van der Waals surface area contributed by atoms with Gasteiger partial charge in [0.2, 0.25) is 0 Å². The van der Waals surface area contributed by atoms with Crippen molar-refractivity contribution in [1.82, 2.24) is 5.32 Å². The van der Waals surface area contributed by atoms with Crippen molar-refractivity contribution in [1.29, 1.82) is 0 Å². The summed E-state index contributed by atoms with van der Waals surface area (Å²) in [5.74, 6) is -0.0182. The number of hydrogen-bond acceptors (Lipinski definition) is 9. The maximum absolute atomic E-state index is 13.6. The number of fused-ring (bicyclic) bond motifs is 5. The van der Waals surface area contributed by atoms with Crippen LogP contribution in [0, 0.1) is 35.5 Å². The first-order valence-electron chi connectivity index (χ1n) is 24.1. The predicted molar refractivity (Wildman–Crippen MR) is 262 cm³/mol. The average Bonchev–Trinajstić information content (AvgIpc) is 3.99. The smallest absolute Gasteiger partial charge is 0.321 e. The van der Waals surface area contributed by atoms with E-state index in [1.54, 1.807) is 0 Å². The normalized spacial score (nSPS) is 22.8. The Morgan fingerprint density at radius 2 is 1.53 bits per heavy atom. The predicted octanol–water partition coefficient (Wildman–Crippen LogP) is 13.0. The zero-order valence-electron chi connectivity index (χ0n) is 40.7. The summed E-state index contributed by atoms with van der Waals surface area (Å²) in [6, 6.07) is 0. The number of aliphatic hydroxyl groups excluding tert-OH is 1. The van der Waals surface area contributed by atoms with Crippen LogP contribution < -0.4 is 5.32 Å². The summed E-state index contributed by atoms with van der Waals surface area (Å²) < 4.78 is 11.1. The van der Waals surface area contributed by atoms with E-state index >= 15 is 0 Å². The Kier molecular flexibility index (Phi) is 16.1. The molecular formula is C55H74N4O5. The summed E-state index contributed by atoms with van der Waals surface area (Å²) in [6.07, 6.45) is 22.7. The molecule has 1 aliphatic carbocycles. The second-order valence-corrected chi connectivity index (χ2v) is 19.5. The Balaban J connectivity index is 1.20. The van der Waals surface area contributed by atoms with Crippen molar-refractivity contribution in [2.75, 3.05) is 13.7 Å². The zero-order valence-corrected chi connectivity index (χ0v) is 40.7. The molecule has 2 N–H and O–H groups in total. The zero-order chi connectivity index (χ0) is 46.4. The lowest BCUT2D eigenvalue weighted by Gasteiger charge is -2.20. The van der Waals surface area contributed by atoms with E-state index < -0.39 is 11.9 Å². The highest BCUT2D eigenvalue weighted by molar-refractivity contribution is 6.24. The molecule has 0 aromatic rings. The van der Waals surface area contributed by atoms with E-state index in [-0.39, 0.29) is 36.6 Å². The summed E-state index contributed by atoms with van der Waals surface area (Å²) in [6.45, 7) is 26.2. The molecule has 0 saturated carbocycles. The van der Waals surface area contributed by atoms with Crippen LogP contribution in [-0.4, -0.2) is 47.9 Å². The maximum atomic E-state index is 13.6. The Morgan fingerprint density at radius 1 is 0.875 bits per heavy atom. The first-order valence-corrected chi connectivity index (χ1v) is 24.1. The average molecular weight is 871 g/mol. The van der Waals surface area contributed by atoms with Crippen molar-refractivity contribution >= 4 is 29.1 Å². The van der Waals surface area contributed by atoms with Crippen LogP contribution in [0.5, 0.6) is 0 Å². The van der Waals surface area contributed by atoms with Gasteiger partial charge in [0.15, 0.2) is 0 Å². The molecule has 8 bridgehead atoms. The molecule has 6 aliphatic rings. The Labute approximate surface area is 383 Å². The van der Waals surface area contributed by atoms with Gasteiger partial charge in [-0.3, -0.25) is 9.59 Å². The standard InChI is InChI=1S/C55H74N4O5/c1-13-39-35(8)42-28-44-37(10)41(24-25-48(60)64-27-26-34(7)23-17-22-33(6)21-16-20-32(5)19-15-18-31(3)4)52(58-44)50-51(55(62)63-12)54(61)49-38(11)45(59-53(49)50)30-47-40(14-2)36(9)43(57-47)29-46(39)56-42/h13,26,28-33,37,41,51,58,61H,1,14-25,27H2,2-12H3/b34-26+,44-28?,46-29?,47-30?,52-50?/t32-,33-,37+,41+,51+/m1/s1. The third kappa shape index (κ3) is 10.6. The van der Waals surface area contributed by atoms with E-state index in [0.717, 1.165) is 99.1 Å². The van der Waals surface area contributed by atoms with Crippen molar-refractivity contribution in [3.05, 3.63) is 116 Å². The fourth-order valence-electron chi connectivity index (χ4n) is 10.2. The Bertz CT molecular complexity index is 2300. The Hall–Kier alpha value is -5.05. The number of aliphatic imine (C=N–C) groups is 3. The summed E-state index contributed by atoms with van der Waals surface area (Å²) in [5, 5.41) is 15.6. The van der Waals surface area contributed by atoms with Gasteiger partial charge in [0.1, 0.15) is 18.3 Å². The minimum absolute atomic E-state index is 0.0838. The van der Waals surface area contributed by atoms with Crippen molar-refractivity contribution in [2.24, 2.45) is 50.5 Å². The van der Waals surface area contributed by atoms with Crippen molar-refractivity contribution < 1.29 is 24.2 Å². The summed E-state index contributed by atoms with van der Waals surface area (Å²) in [5.41, 5.74) is 13.3. The molecule has 1 saturated heterocycles. The molecule has 5 aliphatic heterocycles. The van der Waals surface area contributed by atoms with Crippen molar-refractivity contribution in [2.45, 2.75) is 146 Å². The van der Waals surface area contributed by atoms with Gasteiger partial charge in [-0.1, -0.05) is 105 Å². The van der Waals surface area contributed by atoms with Gasteiger partial charge in [-0.15, -0.1) is 0 Å². The molecule has 0 spiro atoms. The third-order valence-electron chi connectivity index (χ3n) is 14.3. The molecule has 1 fully saturated rings. The second kappa shape index (κ2) is 21.3. The first-order chi connectivity index (χ1) is 30.6. The van der Waals surface area contributed by atoms with Gasteiger partial charge in [-0.2, -0.15) is 0 Å². The number of methoxy groups -OCH3 is 1. The molecule has 64 heavy (non-hydrogen) atoms. The molecule has 6 rings (SSSR count). The lowest BCUT2D eigenvalue weighted by Crippen LogP contribution is -2.25. The van der Waals surface area contributed by atoms with Crippen LogP contribution in [0.1, 0.15) is 146 Å². The fourth-order valence-corrected chi connectivity index (χ4v) is 10.2. The van der Waals surface area contributed by atoms with Crippen molar-refractivity contribution in [3.63, 3.8) is 0 Å². The van der Waals surface area contributed by atoms with Gasteiger partial charge in [0.25, 0.3) is 0 Å². The number of aliphatic hydroxyl groups is 1. The largest absolute Gasteiger partial charge is 0.510 e. The number of hydrogen-bond donors (Lipinski definition) is 2. The van der Waals surface area contributed by atoms with Gasteiger partial charge in [0, 0.05) is 46.4 Å². The molecule has 0 aromatic carbocycles. The van der Waals surface area contributed by atoms with E-state index in [2.05, 4.69) is 73.4 Å². The minimum atomic E-state index is -1.08. The van der Waals surface area contributed by atoms with Gasteiger partial charge in [-0.05, 0) is 118 Å². The third-order valence-corrected chi connectivity index (χ3v) is 14.3. The second-order valence-electron chi connectivity index (χ2n) is 19.5. The number of carbonyl (C=O) groups excluding carboxylic acids is 2. The monoisotopic (exact) mass is 871 g/mol. The molecule has 5 atom stereocenters. The van der Waals surface area contributed by atoms with Crippen LogP contribution in [0.4, 0.5) is 0 Å². The molecule has 0 aromatic heterocycles. The first kappa shape index (κ1) is 48.4. The van der Waals surface area contributed by atoms with Crippen LogP contribution in [-0.2, 0) is 19.1 Å². The van der Waals surface area contributed by atoms with E-state index in [4.69, 9.17) is 24.5 Å². The number of carbonyl (C=O) groups is 2. The summed E-state index contributed by atoms with van der Waals surface area (Å²) in [4.78, 5) is 42.4. The van der Waals surface area contributed by atoms with Crippen LogP contribution in [0.3, 0.4) is 0 Å². The molecule has 9 heteroatoms. The van der Waals surface area contributed by atoms with Gasteiger partial charge in [-0.25, -0.2) is 15.0 Å².